The first-order valence-electron chi connectivity index (χ1n) is 13.3. The van der Waals surface area contributed by atoms with Gasteiger partial charge in [0, 0.05) is 51.1 Å². The maximum atomic E-state index is 13.3. The van der Waals surface area contributed by atoms with Crippen molar-refractivity contribution in [2.75, 3.05) is 49.4 Å². The highest BCUT2D eigenvalue weighted by Gasteiger charge is 2.38. The highest BCUT2D eigenvalue weighted by atomic mass is 32.2. The van der Waals surface area contributed by atoms with Crippen molar-refractivity contribution in [2.45, 2.75) is 57.0 Å². The smallest absolute Gasteiger partial charge is 0.475 e. The number of carbonyl (C=O) groups is 2. The zero-order valence-electron chi connectivity index (χ0n) is 24.0. The SMILES string of the molecule is CCCCN(C)C(=O)c1cc(NS(=O)(=O)c2ccc(C(C)(C)C)cc2)ccc1N1CCNCC1.O=C(O)C(F)(F)F. The van der Waals surface area contributed by atoms with Crippen LogP contribution >= 0.6 is 0 Å². The number of anilines is 2. The van der Waals surface area contributed by atoms with Crippen molar-refractivity contribution in [1.82, 2.24) is 10.2 Å². The van der Waals surface area contributed by atoms with Crippen LogP contribution in [0.1, 0.15) is 56.5 Å². The van der Waals surface area contributed by atoms with Gasteiger partial charge in [-0.3, -0.25) is 9.52 Å². The number of hydrogen-bond acceptors (Lipinski definition) is 6. The van der Waals surface area contributed by atoms with E-state index in [4.69, 9.17) is 9.90 Å². The molecule has 1 saturated heterocycles. The maximum Gasteiger partial charge on any atom is 0.490 e. The normalized spacial score (nSPS) is 14.1. The Hall–Kier alpha value is -3.32. The average molecular weight is 601 g/mol. The molecule has 2 aromatic carbocycles. The van der Waals surface area contributed by atoms with Crippen molar-refractivity contribution in [3.8, 4) is 0 Å². The Morgan fingerprint density at radius 3 is 2.10 bits per heavy atom. The summed E-state index contributed by atoms with van der Waals surface area (Å²) in [4.78, 5) is 26.3. The molecular weight excluding hydrogens is 561 g/mol. The lowest BCUT2D eigenvalue weighted by Crippen LogP contribution is -2.44. The monoisotopic (exact) mass is 600 g/mol. The molecule has 13 heteroatoms. The summed E-state index contributed by atoms with van der Waals surface area (Å²) in [7, 11) is -1.99. The summed E-state index contributed by atoms with van der Waals surface area (Å²) in [6, 6.07) is 12.2. The minimum atomic E-state index is -5.08. The first-order valence-corrected chi connectivity index (χ1v) is 14.7. The molecule has 228 valence electrons. The highest BCUT2D eigenvalue weighted by Crippen LogP contribution is 2.29. The van der Waals surface area contributed by atoms with Crippen molar-refractivity contribution in [2.24, 2.45) is 0 Å². The highest BCUT2D eigenvalue weighted by molar-refractivity contribution is 7.92. The van der Waals surface area contributed by atoms with Crippen molar-refractivity contribution >= 4 is 33.3 Å². The third kappa shape index (κ3) is 9.92. The van der Waals surface area contributed by atoms with Gasteiger partial charge in [-0.05, 0) is 47.7 Å². The number of piperazine rings is 1. The van der Waals surface area contributed by atoms with E-state index in [1.807, 2.05) is 18.2 Å². The lowest BCUT2D eigenvalue weighted by atomic mass is 9.87. The van der Waals surface area contributed by atoms with E-state index in [1.165, 1.54) is 0 Å². The fourth-order valence-electron chi connectivity index (χ4n) is 4.00. The summed E-state index contributed by atoms with van der Waals surface area (Å²) >= 11 is 0. The number of carboxylic acid groups (broad SMARTS) is 1. The second kappa shape index (κ2) is 14.0. The number of aliphatic carboxylic acids is 1. The number of sulfonamides is 1. The van der Waals surface area contributed by atoms with Gasteiger partial charge in [-0.2, -0.15) is 13.2 Å². The molecule has 0 radical (unpaired) electrons. The van der Waals surface area contributed by atoms with E-state index in [2.05, 4.69) is 42.6 Å². The van der Waals surface area contributed by atoms with Crippen LogP contribution in [-0.2, 0) is 20.2 Å². The number of alkyl halides is 3. The maximum absolute atomic E-state index is 13.3. The fourth-order valence-corrected chi connectivity index (χ4v) is 5.05. The van der Waals surface area contributed by atoms with Gasteiger partial charge in [-0.1, -0.05) is 46.2 Å². The van der Waals surface area contributed by atoms with E-state index >= 15 is 0 Å². The van der Waals surface area contributed by atoms with Gasteiger partial charge < -0.3 is 20.2 Å². The Bertz CT molecular complexity index is 1290. The Labute approximate surface area is 239 Å². The first-order chi connectivity index (χ1) is 19.0. The Balaban J connectivity index is 0.000000745. The zero-order chi connectivity index (χ0) is 31.0. The lowest BCUT2D eigenvalue weighted by molar-refractivity contribution is -0.192. The molecule has 0 atom stereocenters. The molecule has 1 aliphatic rings. The molecule has 1 amide bonds. The lowest BCUT2D eigenvalue weighted by Gasteiger charge is -2.32. The number of amides is 1. The molecule has 0 aliphatic carbocycles. The molecule has 1 heterocycles. The molecule has 0 aromatic heterocycles. The number of carbonyl (C=O) groups excluding carboxylic acids is 1. The van der Waals surface area contributed by atoms with Crippen LogP contribution in [0.15, 0.2) is 47.4 Å². The molecule has 1 fully saturated rings. The van der Waals surface area contributed by atoms with E-state index in [1.54, 1.807) is 36.2 Å². The first kappa shape index (κ1) is 33.9. The van der Waals surface area contributed by atoms with Crippen molar-refractivity contribution in [3.05, 3.63) is 53.6 Å². The van der Waals surface area contributed by atoms with Crippen LogP contribution in [0.5, 0.6) is 0 Å². The Morgan fingerprint density at radius 2 is 1.61 bits per heavy atom. The van der Waals surface area contributed by atoms with Gasteiger partial charge in [-0.15, -0.1) is 0 Å². The van der Waals surface area contributed by atoms with Crippen LogP contribution in [0.3, 0.4) is 0 Å². The minimum Gasteiger partial charge on any atom is -0.475 e. The molecule has 9 nitrogen and oxygen atoms in total. The number of hydrogen-bond donors (Lipinski definition) is 3. The van der Waals surface area contributed by atoms with Crippen LogP contribution in [-0.4, -0.2) is 76.2 Å². The van der Waals surface area contributed by atoms with E-state index in [9.17, 15) is 26.4 Å². The van der Waals surface area contributed by atoms with Crippen LogP contribution in [0, 0.1) is 0 Å². The van der Waals surface area contributed by atoms with E-state index in [0.717, 1.165) is 50.3 Å². The second-order valence-electron chi connectivity index (χ2n) is 10.7. The molecule has 0 unspecified atom stereocenters. The Morgan fingerprint density at radius 1 is 1.05 bits per heavy atom. The number of unbranched alkanes of at least 4 members (excludes halogenated alkanes) is 1. The molecule has 3 rings (SSSR count). The van der Waals surface area contributed by atoms with E-state index in [0.29, 0.717) is 17.8 Å². The third-order valence-electron chi connectivity index (χ3n) is 6.40. The standard InChI is InChI=1S/C26H38N4O3S.C2HF3O2/c1-6-7-16-29(5)25(31)23-19-21(10-13-24(23)30-17-14-27-15-18-30)28-34(32,33)22-11-8-20(9-12-22)26(2,3)4;3-2(4,5)1(6)7/h8-13,19,27-28H,6-7,14-18H2,1-5H3;(H,6,7). The van der Waals surface area contributed by atoms with E-state index < -0.39 is 22.2 Å². The fraction of sp³-hybridized carbons (Fsp3) is 0.500. The average Bonchev–Trinajstić information content (AvgIpc) is 2.91. The van der Waals surface area contributed by atoms with Crippen molar-refractivity contribution in [3.63, 3.8) is 0 Å². The zero-order valence-corrected chi connectivity index (χ0v) is 24.8. The summed E-state index contributed by atoms with van der Waals surface area (Å²) in [5.74, 6) is -2.86. The number of benzene rings is 2. The summed E-state index contributed by atoms with van der Waals surface area (Å²) in [5.41, 5.74) is 2.74. The van der Waals surface area contributed by atoms with Gasteiger partial charge in [0.25, 0.3) is 15.9 Å². The van der Waals surface area contributed by atoms with Gasteiger partial charge in [-0.25, -0.2) is 13.2 Å². The topological polar surface area (TPSA) is 119 Å². The number of halogens is 3. The van der Waals surface area contributed by atoms with Gasteiger partial charge in [0.2, 0.25) is 0 Å². The number of nitrogens with one attached hydrogen (secondary N) is 2. The summed E-state index contributed by atoms with van der Waals surface area (Å²) in [6.07, 6.45) is -3.17. The number of carboxylic acids is 1. The second-order valence-corrected chi connectivity index (χ2v) is 12.4. The van der Waals surface area contributed by atoms with Crippen LogP contribution in [0.25, 0.3) is 0 Å². The molecule has 0 saturated carbocycles. The van der Waals surface area contributed by atoms with Gasteiger partial charge >= 0.3 is 12.1 Å². The molecule has 41 heavy (non-hydrogen) atoms. The van der Waals surface area contributed by atoms with Crippen molar-refractivity contribution in [1.29, 1.82) is 0 Å². The summed E-state index contributed by atoms with van der Waals surface area (Å²) in [5, 5.41) is 10.5. The van der Waals surface area contributed by atoms with Gasteiger partial charge in [0.1, 0.15) is 0 Å². The molecule has 0 bridgehead atoms. The Kier molecular flexibility index (Phi) is 11.6. The predicted molar refractivity (Wildman–Crippen MR) is 153 cm³/mol. The molecule has 3 N–H and O–H groups in total. The predicted octanol–water partition coefficient (Wildman–Crippen LogP) is 4.70. The molecular formula is C28H39F3N4O5S. The van der Waals surface area contributed by atoms with Crippen molar-refractivity contribution < 1.29 is 36.3 Å². The largest absolute Gasteiger partial charge is 0.490 e. The molecule has 2 aromatic rings. The molecule has 0 spiro atoms. The van der Waals surface area contributed by atoms with Crippen LogP contribution in [0.4, 0.5) is 24.5 Å². The number of nitrogens with zero attached hydrogens (tertiary/aromatic N) is 2. The number of rotatable bonds is 8. The quantitative estimate of drug-likeness (QED) is 0.402. The summed E-state index contributed by atoms with van der Waals surface area (Å²) < 4.78 is 60.6. The third-order valence-corrected chi connectivity index (χ3v) is 7.80. The van der Waals surface area contributed by atoms with Crippen LogP contribution < -0.4 is 14.9 Å². The van der Waals surface area contributed by atoms with E-state index in [-0.39, 0.29) is 16.2 Å². The van der Waals surface area contributed by atoms with Gasteiger partial charge in [0.15, 0.2) is 0 Å². The molecule has 1 aliphatic heterocycles. The van der Waals surface area contributed by atoms with Gasteiger partial charge in [0.05, 0.1) is 10.5 Å². The minimum absolute atomic E-state index is 0.0609. The summed E-state index contributed by atoms with van der Waals surface area (Å²) in [6.45, 7) is 12.3. The van der Waals surface area contributed by atoms with Crippen LogP contribution in [0.2, 0.25) is 0 Å².